The zero-order valence-electron chi connectivity index (χ0n) is 7.63. The Morgan fingerprint density at radius 3 is 2.62 bits per heavy atom. The summed E-state index contributed by atoms with van der Waals surface area (Å²) in [5.41, 5.74) is 0. The van der Waals surface area contributed by atoms with E-state index in [0.717, 1.165) is 25.8 Å². The van der Waals surface area contributed by atoms with Gasteiger partial charge in [-0.15, -0.1) is 0 Å². The molecule has 2 aliphatic heterocycles. The van der Waals surface area contributed by atoms with Crippen molar-refractivity contribution in [2.24, 2.45) is 0 Å². The first-order chi connectivity index (χ1) is 6.25. The van der Waals surface area contributed by atoms with Crippen molar-refractivity contribution < 1.29 is 15.3 Å². The van der Waals surface area contributed by atoms with Crippen LogP contribution in [-0.4, -0.2) is 57.7 Å². The van der Waals surface area contributed by atoms with Crippen molar-refractivity contribution in [3.05, 3.63) is 0 Å². The van der Waals surface area contributed by atoms with E-state index in [1.54, 1.807) is 0 Å². The van der Waals surface area contributed by atoms with Crippen molar-refractivity contribution in [3.8, 4) is 0 Å². The van der Waals surface area contributed by atoms with Crippen molar-refractivity contribution in [1.82, 2.24) is 4.90 Å². The molecule has 4 atom stereocenters. The molecule has 0 amide bonds. The van der Waals surface area contributed by atoms with Crippen LogP contribution < -0.4 is 0 Å². The molecule has 3 N–H and O–H groups in total. The van der Waals surface area contributed by atoms with Gasteiger partial charge in [0.15, 0.2) is 0 Å². The minimum Gasteiger partial charge on any atom is -0.395 e. The Hall–Kier alpha value is -0.160. The van der Waals surface area contributed by atoms with Gasteiger partial charge in [0.25, 0.3) is 0 Å². The molecule has 76 valence electrons. The molecule has 0 aromatic heterocycles. The number of rotatable bonds is 1. The van der Waals surface area contributed by atoms with Crippen LogP contribution in [0.25, 0.3) is 0 Å². The van der Waals surface area contributed by atoms with E-state index in [2.05, 4.69) is 4.90 Å². The van der Waals surface area contributed by atoms with Crippen LogP contribution in [-0.2, 0) is 0 Å². The van der Waals surface area contributed by atoms with Crippen LogP contribution in [0.15, 0.2) is 0 Å². The third kappa shape index (κ3) is 1.38. The van der Waals surface area contributed by atoms with E-state index >= 15 is 0 Å². The molecule has 0 aromatic rings. The van der Waals surface area contributed by atoms with E-state index in [4.69, 9.17) is 5.11 Å². The van der Waals surface area contributed by atoms with Crippen LogP contribution in [0, 0.1) is 0 Å². The third-order valence-electron chi connectivity index (χ3n) is 3.34. The summed E-state index contributed by atoms with van der Waals surface area (Å²) in [6, 6.07) is -0.179. The zero-order valence-corrected chi connectivity index (χ0v) is 7.63. The monoisotopic (exact) mass is 187 g/mol. The number of fused-ring (bicyclic) bond motifs is 1. The van der Waals surface area contributed by atoms with Crippen LogP contribution in [0.1, 0.15) is 19.3 Å². The van der Waals surface area contributed by atoms with E-state index in [-0.39, 0.29) is 18.7 Å². The van der Waals surface area contributed by atoms with Gasteiger partial charge in [0.05, 0.1) is 24.9 Å². The summed E-state index contributed by atoms with van der Waals surface area (Å²) in [6.07, 6.45) is 1.72. The molecule has 0 aromatic carbocycles. The highest BCUT2D eigenvalue weighted by atomic mass is 16.3. The molecule has 0 bridgehead atoms. The number of hydrogen-bond acceptors (Lipinski definition) is 4. The topological polar surface area (TPSA) is 63.9 Å². The van der Waals surface area contributed by atoms with Crippen molar-refractivity contribution in [1.29, 1.82) is 0 Å². The predicted octanol–water partition coefficient (Wildman–Crippen LogP) is -1.06. The Bertz CT molecular complexity index is 178. The second-order valence-corrected chi connectivity index (χ2v) is 4.03. The summed E-state index contributed by atoms with van der Waals surface area (Å²) in [7, 11) is 0. The second kappa shape index (κ2) is 3.53. The van der Waals surface area contributed by atoms with Crippen LogP contribution in [0.5, 0.6) is 0 Å². The number of hydrogen-bond donors (Lipinski definition) is 3. The number of nitrogens with zero attached hydrogens (tertiary/aromatic N) is 1. The summed E-state index contributed by atoms with van der Waals surface area (Å²) in [5, 5.41) is 28.4. The van der Waals surface area contributed by atoms with Gasteiger partial charge in [0.2, 0.25) is 0 Å². The molecule has 2 fully saturated rings. The lowest BCUT2D eigenvalue weighted by Crippen LogP contribution is -2.44. The standard InChI is InChI=1S/C9H17NO3/c11-5-7-9(13)8(12)6-3-1-2-4-10(6)7/h6-9,11-13H,1-5H2/t6-,7-,8-,9+/m0/s1. The Morgan fingerprint density at radius 2 is 1.92 bits per heavy atom. The van der Waals surface area contributed by atoms with Gasteiger partial charge in [0.1, 0.15) is 0 Å². The van der Waals surface area contributed by atoms with Gasteiger partial charge >= 0.3 is 0 Å². The van der Waals surface area contributed by atoms with E-state index in [1.807, 2.05) is 0 Å². The summed E-state index contributed by atoms with van der Waals surface area (Å²) in [6.45, 7) is 0.832. The molecule has 4 heteroatoms. The second-order valence-electron chi connectivity index (χ2n) is 4.03. The average Bonchev–Trinajstić information content (AvgIpc) is 2.41. The van der Waals surface area contributed by atoms with Gasteiger partial charge in [-0.05, 0) is 19.4 Å². The number of aliphatic hydroxyl groups excluding tert-OH is 3. The van der Waals surface area contributed by atoms with Crippen LogP contribution in [0.2, 0.25) is 0 Å². The van der Waals surface area contributed by atoms with Gasteiger partial charge in [-0.1, -0.05) is 6.42 Å². The van der Waals surface area contributed by atoms with Crippen LogP contribution in [0.4, 0.5) is 0 Å². The van der Waals surface area contributed by atoms with Crippen molar-refractivity contribution in [2.45, 2.75) is 43.6 Å². The quantitative estimate of drug-likeness (QED) is 0.489. The maximum Gasteiger partial charge on any atom is 0.0991 e. The third-order valence-corrected chi connectivity index (χ3v) is 3.34. The minimum atomic E-state index is -0.770. The predicted molar refractivity (Wildman–Crippen MR) is 47.2 cm³/mol. The average molecular weight is 187 g/mol. The molecular weight excluding hydrogens is 170 g/mol. The Labute approximate surface area is 77.8 Å². The van der Waals surface area contributed by atoms with Gasteiger partial charge < -0.3 is 15.3 Å². The van der Waals surface area contributed by atoms with Crippen molar-refractivity contribution >= 4 is 0 Å². The maximum atomic E-state index is 9.69. The molecule has 0 unspecified atom stereocenters. The van der Waals surface area contributed by atoms with Crippen LogP contribution >= 0.6 is 0 Å². The molecule has 0 saturated carbocycles. The zero-order chi connectivity index (χ0) is 9.42. The van der Waals surface area contributed by atoms with E-state index in [1.165, 1.54) is 0 Å². The molecule has 4 nitrogen and oxygen atoms in total. The minimum absolute atomic E-state index is 0.0608. The molecule has 0 radical (unpaired) electrons. The Balaban J connectivity index is 2.14. The molecule has 2 aliphatic rings. The first-order valence-corrected chi connectivity index (χ1v) is 4.98. The fraction of sp³-hybridized carbons (Fsp3) is 1.00. The number of piperidine rings is 1. The fourth-order valence-corrected chi connectivity index (χ4v) is 2.62. The highest BCUT2D eigenvalue weighted by Crippen LogP contribution is 2.31. The SMILES string of the molecule is OC[C@H]1[C@@H](O)[C@@H](O)[C@@H]2CCCCN21. The highest BCUT2D eigenvalue weighted by Gasteiger charge is 2.47. The lowest BCUT2D eigenvalue weighted by atomic mass is 10.0. The summed E-state index contributed by atoms with van der Waals surface area (Å²) < 4.78 is 0. The van der Waals surface area contributed by atoms with E-state index in [9.17, 15) is 10.2 Å². The Morgan fingerprint density at radius 1 is 1.15 bits per heavy atom. The fourth-order valence-electron chi connectivity index (χ4n) is 2.62. The van der Waals surface area contributed by atoms with Gasteiger partial charge in [-0.2, -0.15) is 0 Å². The highest BCUT2D eigenvalue weighted by molar-refractivity contribution is 5.01. The molecule has 2 heterocycles. The first-order valence-electron chi connectivity index (χ1n) is 4.98. The lowest BCUT2D eigenvalue weighted by molar-refractivity contribution is 0.0183. The maximum absolute atomic E-state index is 9.69. The Kier molecular flexibility index (Phi) is 2.55. The van der Waals surface area contributed by atoms with Gasteiger partial charge in [0, 0.05) is 6.04 Å². The normalized spacial score (nSPS) is 46.4. The molecule has 0 spiro atoms. The molecular formula is C9H17NO3. The molecule has 13 heavy (non-hydrogen) atoms. The van der Waals surface area contributed by atoms with Gasteiger partial charge in [-0.3, -0.25) is 4.90 Å². The summed E-state index contributed by atoms with van der Waals surface area (Å²) in [5.74, 6) is 0. The summed E-state index contributed by atoms with van der Waals surface area (Å²) >= 11 is 0. The van der Waals surface area contributed by atoms with Gasteiger partial charge in [-0.25, -0.2) is 0 Å². The summed E-state index contributed by atoms with van der Waals surface area (Å²) in [4.78, 5) is 2.05. The molecule has 2 rings (SSSR count). The first kappa shape index (κ1) is 9.40. The largest absolute Gasteiger partial charge is 0.395 e. The van der Waals surface area contributed by atoms with E-state index < -0.39 is 12.2 Å². The molecule has 0 aliphatic carbocycles. The smallest absolute Gasteiger partial charge is 0.0991 e. The van der Waals surface area contributed by atoms with Crippen molar-refractivity contribution in [2.75, 3.05) is 13.2 Å². The van der Waals surface area contributed by atoms with Crippen LogP contribution in [0.3, 0.4) is 0 Å². The number of aliphatic hydroxyl groups is 3. The van der Waals surface area contributed by atoms with Crippen molar-refractivity contribution in [3.63, 3.8) is 0 Å². The lowest BCUT2D eigenvalue weighted by Gasteiger charge is -2.33. The van der Waals surface area contributed by atoms with E-state index in [0.29, 0.717) is 0 Å². The molecule has 2 saturated heterocycles.